The number of hydrogen-bond donors (Lipinski definition) is 0. The topological polar surface area (TPSA) is 64.4 Å². The van der Waals surface area contributed by atoms with Gasteiger partial charge in [0, 0.05) is 26.1 Å². The first-order valence-electron chi connectivity index (χ1n) is 12.0. The Kier molecular flexibility index (Phi) is 7.43. The van der Waals surface area contributed by atoms with Crippen molar-refractivity contribution in [3.8, 4) is 5.75 Å². The van der Waals surface area contributed by atoms with Crippen LogP contribution in [-0.2, 0) is 17.8 Å². The zero-order valence-electron chi connectivity index (χ0n) is 19.6. The molecule has 0 N–H and O–H groups in total. The van der Waals surface area contributed by atoms with Gasteiger partial charge in [-0.05, 0) is 74.8 Å². The number of hydrogen-bond acceptors (Lipinski definition) is 4. The fourth-order valence-corrected chi connectivity index (χ4v) is 4.63. The molecule has 0 spiro atoms. The predicted molar refractivity (Wildman–Crippen MR) is 131 cm³/mol. The summed E-state index contributed by atoms with van der Waals surface area (Å²) in [6, 6.07) is 14.0. The average molecular weight is 448 g/mol. The van der Waals surface area contributed by atoms with Crippen LogP contribution in [0.25, 0.3) is 10.9 Å². The number of carbonyl (C=O) groups excluding carboxylic acids is 1. The number of nitrogens with zero attached hydrogens (tertiary/aromatic N) is 3. The van der Waals surface area contributed by atoms with Gasteiger partial charge < -0.3 is 9.64 Å². The lowest BCUT2D eigenvalue weighted by atomic mass is 9.90. The lowest BCUT2D eigenvalue weighted by Crippen LogP contribution is -2.39. The summed E-state index contributed by atoms with van der Waals surface area (Å²) in [7, 11) is 0. The zero-order chi connectivity index (χ0) is 23.2. The molecule has 174 valence electrons. The molecule has 1 amide bonds. The van der Waals surface area contributed by atoms with Crippen LogP contribution in [0.4, 0.5) is 0 Å². The second-order valence-corrected chi connectivity index (χ2v) is 8.90. The average Bonchev–Trinajstić information content (AvgIpc) is 2.84. The summed E-state index contributed by atoms with van der Waals surface area (Å²) in [6.45, 7) is 6.60. The Morgan fingerprint density at radius 2 is 1.88 bits per heavy atom. The van der Waals surface area contributed by atoms with Crippen molar-refractivity contribution in [3.63, 3.8) is 0 Å². The molecule has 1 aliphatic rings. The monoisotopic (exact) mass is 447 g/mol. The van der Waals surface area contributed by atoms with E-state index in [1.165, 1.54) is 5.56 Å². The van der Waals surface area contributed by atoms with E-state index in [4.69, 9.17) is 4.74 Å². The highest BCUT2D eigenvalue weighted by atomic mass is 16.5. The van der Waals surface area contributed by atoms with E-state index in [2.05, 4.69) is 17.1 Å². The summed E-state index contributed by atoms with van der Waals surface area (Å²) in [5, 5.41) is 0.610. The van der Waals surface area contributed by atoms with Gasteiger partial charge >= 0.3 is 0 Å². The van der Waals surface area contributed by atoms with Gasteiger partial charge in [-0.25, -0.2) is 4.98 Å². The van der Waals surface area contributed by atoms with Crippen LogP contribution in [0.15, 0.2) is 53.6 Å². The van der Waals surface area contributed by atoms with Crippen molar-refractivity contribution in [1.82, 2.24) is 14.5 Å². The van der Waals surface area contributed by atoms with E-state index in [9.17, 15) is 9.59 Å². The molecule has 0 unspecified atom stereocenters. The standard InChI is InChI=1S/C27H33N3O3/c1-3-33-23-11-9-21(10-12-23)7-8-22-13-16-29(17-14-22)25(31)15-18-30-19-28-26-20(2)5-4-6-24(26)27(30)32/h4-6,9-12,19,22H,3,7-8,13-18H2,1-2H3. The molecule has 1 aromatic heterocycles. The first-order chi connectivity index (χ1) is 16.0. The first kappa shape index (κ1) is 23.0. The maximum Gasteiger partial charge on any atom is 0.261 e. The number of rotatable bonds is 8. The van der Waals surface area contributed by atoms with Crippen molar-refractivity contribution in [2.75, 3.05) is 19.7 Å². The highest BCUT2D eigenvalue weighted by molar-refractivity contribution is 5.80. The number of carbonyl (C=O) groups is 1. The highest BCUT2D eigenvalue weighted by Crippen LogP contribution is 2.24. The summed E-state index contributed by atoms with van der Waals surface area (Å²) in [6.07, 6.45) is 6.18. The molecule has 2 aromatic carbocycles. The van der Waals surface area contributed by atoms with Crippen LogP contribution in [0.2, 0.25) is 0 Å². The maximum absolute atomic E-state index is 12.7. The molecule has 1 fully saturated rings. The van der Waals surface area contributed by atoms with Gasteiger partial charge in [-0.3, -0.25) is 14.2 Å². The Morgan fingerprint density at radius 1 is 1.12 bits per heavy atom. The largest absolute Gasteiger partial charge is 0.494 e. The fraction of sp³-hybridized carbons (Fsp3) is 0.444. The second kappa shape index (κ2) is 10.6. The van der Waals surface area contributed by atoms with Gasteiger partial charge in [0.25, 0.3) is 5.56 Å². The van der Waals surface area contributed by atoms with Gasteiger partial charge in [0.15, 0.2) is 0 Å². The number of aromatic nitrogens is 2. The van der Waals surface area contributed by atoms with E-state index in [0.717, 1.165) is 55.6 Å². The third kappa shape index (κ3) is 5.62. The lowest BCUT2D eigenvalue weighted by molar-refractivity contribution is -0.132. The SMILES string of the molecule is CCOc1ccc(CCC2CCN(C(=O)CCn3cnc4c(C)cccc4c3=O)CC2)cc1. The van der Waals surface area contributed by atoms with Crippen LogP contribution in [0.1, 0.15) is 43.7 Å². The molecule has 2 heterocycles. The molecule has 6 nitrogen and oxygen atoms in total. The van der Waals surface area contributed by atoms with Crippen molar-refractivity contribution in [3.05, 3.63) is 70.3 Å². The van der Waals surface area contributed by atoms with Gasteiger partial charge in [0.1, 0.15) is 5.75 Å². The molecule has 0 atom stereocenters. The summed E-state index contributed by atoms with van der Waals surface area (Å²) in [5.74, 6) is 1.69. The van der Waals surface area contributed by atoms with Crippen LogP contribution >= 0.6 is 0 Å². The number of para-hydroxylation sites is 1. The fourth-order valence-electron chi connectivity index (χ4n) is 4.63. The predicted octanol–water partition coefficient (Wildman–Crippen LogP) is 4.37. The van der Waals surface area contributed by atoms with E-state index in [1.807, 2.05) is 43.0 Å². The van der Waals surface area contributed by atoms with Gasteiger partial charge in [-0.1, -0.05) is 24.3 Å². The quantitative estimate of drug-likeness (QED) is 0.515. The van der Waals surface area contributed by atoms with Gasteiger partial charge in [0.05, 0.1) is 23.8 Å². The number of aryl methyl sites for hydroxylation is 3. The van der Waals surface area contributed by atoms with Crippen molar-refractivity contribution in [2.45, 2.75) is 52.5 Å². The molecule has 4 rings (SSSR count). The molecule has 33 heavy (non-hydrogen) atoms. The minimum Gasteiger partial charge on any atom is -0.494 e. The molecule has 6 heteroatoms. The molecular weight excluding hydrogens is 414 g/mol. The van der Waals surface area contributed by atoms with Crippen LogP contribution in [0, 0.1) is 12.8 Å². The number of amides is 1. The third-order valence-electron chi connectivity index (χ3n) is 6.66. The number of ether oxygens (including phenoxy) is 1. The van der Waals surface area contributed by atoms with Crippen LogP contribution in [0.5, 0.6) is 5.75 Å². The van der Waals surface area contributed by atoms with Crippen molar-refractivity contribution < 1.29 is 9.53 Å². The summed E-state index contributed by atoms with van der Waals surface area (Å²) in [4.78, 5) is 31.9. The van der Waals surface area contributed by atoms with E-state index in [-0.39, 0.29) is 11.5 Å². The Labute approximate surface area is 195 Å². The molecule has 0 saturated carbocycles. The maximum atomic E-state index is 12.7. The Morgan fingerprint density at radius 3 is 2.61 bits per heavy atom. The van der Waals surface area contributed by atoms with E-state index >= 15 is 0 Å². The number of likely N-dealkylation sites (tertiary alicyclic amines) is 1. The van der Waals surface area contributed by atoms with Crippen molar-refractivity contribution >= 4 is 16.8 Å². The minimum absolute atomic E-state index is 0.0792. The first-order valence-corrected chi connectivity index (χ1v) is 12.0. The molecule has 1 aliphatic heterocycles. The number of benzene rings is 2. The second-order valence-electron chi connectivity index (χ2n) is 8.90. The summed E-state index contributed by atoms with van der Waals surface area (Å²) < 4.78 is 7.07. The minimum atomic E-state index is -0.0792. The van der Waals surface area contributed by atoms with E-state index < -0.39 is 0 Å². The zero-order valence-corrected chi connectivity index (χ0v) is 19.6. The number of fused-ring (bicyclic) bond motifs is 1. The third-order valence-corrected chi connectivity index (χ3v) is 6.66. The van der Waals surface area contributed by atoms with Gasteiger partial charge in [-0.2, -0.15) is 0 Å². The Hall–Kier alpha value is -3.15. The van der Waals surface area contributed by atoms with E-state index in [0.29, 0.717) is 30.9 Å². The lowest BCUT2D eigenvalue weighted by Gasteiger charge is -2.32. The molecule has 1 saturated heterocycles. The molecule has 0 aliphatic carbocycles. The number of piperidine rings is 1. The smallest absolute Gasteiger partial charge is 0.261 e. The van der Waals surface area contributed by atoms with Crippen LogP contribution in [0.3, 0.4) is 0 Å². The Bertz CT molecular complexity index is 1150. The van der Waals surface area contributed by atoms with Crippen LogP contribution in [-0.4, -0.2) is 40.1 Å². The molecular formula is C27H33N3O3. The molecule has 3 aromatic rings. The molecule has 0 bridgehead atoms. The van der Waals surface area contributed by atoms with Gasteiger partial charge in [-0.15, -0.1) is 0 Å². The van der Waals surface area contributed by atoms with Crippen LogP contribution < -0.4 is 10.3 Å². The van der Waals surface area contributed by atoms with E-state index in [1.54, 1.807) is 17.0 Å². The summed E-state index contributed by atoms with van der Waals surface area (Å²) in [5.41, 5.74) is 2.97. The van der Waals surface area contributed by atoms with Gasteiger partial charge in [0.2, 0.25) is 5.91 Å². The highest BCUT2D eigenvalue weighted by Gasteiger charge is 2.22. The summed E-state index contributed by atoms with van der Waals surface area (Å²) >= 11 is 0. The Balaban J connectivity index is 1.24. The van der Waals surface area contributed by atoms with Crippen molar-refractivity contribution in [1.29, 1.82) is 0 Å². The van der Waals surface area contributed by atoms with Crippen molar-refractivity contribution in [2.24, 2.45) is 5.92 Å². The molecule has 0 radical (unpaired) electrons. The normalized spacial score (nSPS) is 14.5.